The van der Waals surface area contributed by atoms with Crippen LogP contribution in [0.1, 0.15) is 11.7 Å². The van der Waals surface area contributed by atoms with Crippen LogP contribution in [0.5, 0.6) is 0 Å². The van der Waals surface area contributed by atoms with E-state index in [-0.39, 0.29) is 10.2 Å². The number of hydrogen-bond donors (Lipinski definition) is 7. The van der Waals surface area contributed by atoms with Crippen molar-refractivity contribution >= 4 is 39.4 Å². The Morgan fingerprint density at radius 1 is 1.06 bits per heavy atom. The highest BCUT2D eigenvalue weighted by atomic mass is 79.9. The van der Waals surface area contributed by atoms with Crippen molar-refractivity contribution in [2.24, 2.45) is 7.05 Å². The molecule has 0 bridgehead atoms. The van der Waals surface area contributed by atoms with E-state index in [4.69, 9.17) is 19.4 Å². The highest BCUT2D eigenvalue weighted by molar-refractivity contribution is 9.10. The Balaban J connectivity index is 2.15. The van der Waals surface area contributed by atoms with Crippen LogP contribution in [0, 0.1) is 0 Å². The van der Waals surface area contributed by atoms with Gasteiger partial charge in [-0.1, -0.05) is 0 Å². The molecule has 6 atom stereocenters. The zero-order chi connectivity index (χ0) is 23.9. The topological polar surface area (TPSA) is 264 Å². The van der Waals surface area contributed by atoms with Gasteiger partial charge in [-0.25, -0.2) is 18.5 Å². The van der Waals surface area contributed by atoms with E-state index >= 15 is 0 Å². The number of phosphoric acid groups is 3. The van der Waals surface area contributed by atoms with E-state index in [1.165, 1.54) is 7.05 Å². The molecule has 0 spiro atoms. The SMILES string of the molecule is Cn1c(Br)c([C@@H]2O[C@H](COP(=O)(O)OP(=O)(O)OP(=O)(O)O)[C@@H](O)[C@H]2O)c(=O)[nH]c1=O. The lowest BCUT2D eigenvalue weighted by atomic mass is 10.0. The second-order valence-corrected chi connectivity index (χ2v) is 11.2. The van der Waals surface area contributed by atoms with E-state index < -0.39 is 65.7 Å². The van der Waals surface area contributed by atoms with E-state index in [0.29, 0.717) is 0 Å². The van der Waals surface area contributed by atoms with Crippen molar-refractivity contribution in [1.29, 1.82) is 0 Å². The van der Waals surface area contributed by atoms with Crippen LogP contribution in [0.2, 0.25) is 0 Å². The second-order valence-electron chi connectivity index (χ2n) is 5.99. The minimum atomic E-state index is -5.75. The number of rotatable bonds is 8. The molecule has 0 aromatic carbocycles. The molecule has 1 aromatic rings. The van der Waals surface area contributed by atoms with E-state index in [9.17, 15) is 38.4 Å². The summed E-state index contributed by atoms with van der Waals surface area (Å²) in [5.74, 6) is 0. The highest BCUT2D eigenvalue weighted by Gasteiger charge is 2.47. The number of halogens is 1. The van der Waals surface area contributed by atoms with Crippen LogP contribution in [0.4, 0.5) is 0 Å². The predicted octanol–water partition coefficient (Wildman–Crippen LogP) is -1.66. The van der Waals surface area contributed by atoms with Gasteiger partial charge in [0.1, 0.15) is 24.4 Å². The lowest BCUT2D eigenvalue weighted by Gasteiger charge is -2.19. The van der Waals surface area contributed by atoms with Crippen molar-refractivity contribution < 1.29 is 61.4 Å². The van der Waals surface area contributed by atoms with Gasteiger partial charge in [-0.05, 0) is 15.9 Å². The van der Waals surface area contributed by atoms with Gasteiger partial charge in [-0.2, -0.15) is 8.62 Å². The van der Waals surface area contributed by atoms with Gasteiger partial charge >= 0.3 is 29.2 Å². The van der Waals surface area contributed by atoms with E-state index in [2.05, 4.69) is 29.1 Å². The van der Waals surface area contributed by atoms with Crippen molar-refractivity contribution in [1.82, 2.24) is 9.55 Å². The molecule has 17 nitrogen and oxygen atoms in total. The fourth-order valence-corrected chi connectivity index (χ4v) is 6.05. The summed E-state index contributed by atoms with van der Waals surface area (Å²) in [6.45, 7) is -1.06. The van der Waals surface area contributed by atoms with Crippen molar-refractivity contribution in [3.05, 3.63) is 31.0 Å². The minimum absolute atomic E-state index is 0.0916. The molecule has 1 aromatic heterocycles. The summed E-state index contributed by atoms with van der Waals surface area (Å²) in [5, 5.41) is 20.3. The van der Waals surface area contributed by atoms with E-state index in [0.717, 1.165) is 4.57 Å². The number of aliphatic hydroxyl groups excluding tert-OH is 2. The normalized spacial score (nSPS) is 28.3. The van der Waals surface area contributed by atoms with Crippen molar-refractivity contribution in [3.63, 3.8) is 0 Å². The molecule has 178 valence electrons. The largest absolute Gasteiger partial charge is 0.490 e. The molecule has 2 rings (SSSR count). The molecule has 0 saturated carbocycles. The maximum Gasteiger partial charge on any atom is 0.490 e. The number of phosphoric ester groups is 1. The Morgan fingerprint density at radius 2 is 1.65 bits per heavy atom. The summed E-state index contributed by atoms with van der Waals surface area (Å²) in [4.78, 5) is 61.1. The predicted molar refractivity (Wildman–Crippen MR) is 99.4 cm³/mol. The third-order valence-electron chi connectivity index (χ3n) is 3.75. The second kappa shape index (κ2) is 9.37. The average molecular weight is 577 g/mol. The summed E-state index contributed by atoms with van der Waals surface area (Å²) in [6.07, 6.45) is -6.70. The Labute approximate surface area is 179 Å². The first kappa shape index (κ1) is 26.7. The van der Waals surface area contributed by atoms with Gasteiger partial charge in [0, 0.05) is 7.05 Å². The molecule has 0 amide bonds. The van der Waals surface area contributed by atoms with Gasteiger partial charge in [-0.15, -0.1) is 0 Å². The molecule has 1 aliphatic rings. The van der Waals surface area contributed by atoms with Gasteiger partial charge in [0.25, 0.3) is 5.56 Å². The van der Waals surface area contributed by atoms with Crippen LogP contribution in [0.15, 0.2) is 14.2 Å². The third kappa shape index (κ3) is 6.72. The molecule has 0 aliphatic carbocycles. The Kier molecular flexibility index (Phi) is 8.07. The summed E-state index contributed by atoms with van der Waals surface area (Å²) >= 11 is 2.98. The number of aliphatic hydroxyl groups is 2. The van der Waals surface area contributed by atoms with Crippen LogP contribution in [-0.4, -0.2) is 64.3 Å². The van der Waals surface area contributed by atoms with Crippen LogP contribution in [0.3, 0.4) is 0 Å². The Morgan fingerprint density at radius 3 is 2.19 bits per heavy atom. The van der Waals surface area contributed by atoms with Gasteiger partial charge < -0.3 is 34.5 Å². The lowest BCUT2D eigenvalue weighted by molar-refractivity contribution is -0.0230. The van der Waals surface area contributed by atoms with E-state index in [1.54, 1.807) is 0 Å². The average Bonchev–Trinajstić information content (AvgIpc) is 2.83. The summed E-state index contributed by atoms with van der Waals surface area (Å²) in [6, 6.07) is 0. The first-order valence-corrected chi connectivity index (χ1v) is 13.0. The smallest absolute Gasteiger partial charge is 0.387 e. The number of aromatic nitrogens is 2. The van der Waals surface area contributed by atoms with Crippen molar-refractivity contribution in [3.8, 4) is 0 Å². The molecule has 1 saturated heterocycles. The zero-order valence-electron chi connectivity index (χ0n) is 15.0. The molecule has 2 unspecified atom stereocenters. The molecule has 2 heterocycles. The molecular formula is C10H16BrN2O15P3. The maximum absolute atomic E-state index is 12.1. The first-order valence-electron chi connectivity index (χ1n) is 7.73. The first-order chi connectivity index (χ1) is 13.9. The maximum atomic E-state index is 12.1. The van der Waals surface area contributed by atoms with Gasteiger partial charge in [0.15, 0.2) is 0 Å². The number of aromatic amines is 1. The van der Waals surface area contributed by atoms with Crippen LogP contribution < -0.4 is 11.2 Å². The summed E-state index contributed by atoms with van der Waals surface area (Å²) < 4.78 is 51.2. The molecule has 21 heteroatoms. The zero-order valence-corrected chi connectivity index (χ0v) is 19.3. The van der Waals surface area contributed by atoms with Crippen molar-refractivity contribution in [2.45, 2.75) is 24.4 Å². The van der Waals surface area contributed by atoms with Crippen LogP contribution in [-0.2, 0) is 38.6 Å². The fourth-order valence-electron chi connectivity index (χ4n) is 2.45. The molecule has 31 heavy (non-hydrogen) atoms. The number of nitrogens with zero attached hydrogens (tertiary/aromatic N) is 1. The van der Waals surface area contributed by atoms with Gasteiger partial charge in [0.05, 0.1) is 16.8 Å². The number of hydrogen-bond acceptors (Lipinski definition) is 11. The summed E-state index contributed by atoms with van der Waals surface area (Å²) in [5.41, 5.74) is -2.05. The number of nitrogens with one attached hydrogen (secondary N) is 1. The van der Waals surface area contributed by atoms with Crippen LogP contribution in [0.25, 0.3) is 0 Å². The molecule has 1 fully saturated rings. The molecule has 7 N–H and O–H groups in total. The van der Waals surface area contributed by atoms with Gasteiger partial charge in [-0.3, -0.25) is 18.9 Å². The Hall–Kier alpha value is -0.550. The van der Waals surface area contributed by atoms with E-state index in [1.807, 2.05) is 4.98 Å². The number of H-pyrrole nitrogens is 1. The monoisotopic (exact) mass is 576 g/mol. The van der Waals surface area contributed by atoms with Crippen LogP contribution >= 0.6 is 39.4 Å². The van der Waals surface area contributed by atoms with Gasteiger partial charge in [0.2, 0.25) is 0 Å². The standard InChI is InChI=1S/C10H16BrN2O15P3/c1-13-8(11)4(9(16)12-10(13)17)7-6(15)5(14)3(26-7)2-25-30(21,22)28-31(23,24)27-29(18,19)20/h3,5-7,14-15H,2H2,1H3,(H,21,22)(H,23,24)(H,12,16,17)(H2,18,19,20)/t3-,5-,6-,7+/m1/s1. The summed E-state index contributed by atoms with van der Waals surface area (Å²) in [7, 11) is -15.5. The molecular weight excluding hydrogens is 561 g/mol. The third-order valence-corrected chi connectivity index (χ3v) is 8.51. The fraction of sp³-hybridized carbons (Fsp3) is 0.600. The molecule has 1 aliphatic heterocycles. The minimum Gasteiger partial charge on any atom is -0.387 e. The molecule has 0 radical (unpaired) electrons. The highest BCUT2D eigenvalue weighted by Crippen LogP contribution is 2.66. The van der Waals surface area contributed by atoms with Crippen molar-refractivity contribution in [2.75, 3.05) is 6.61 Å². The Bertz CT molecular complexity index is 1100. The quantitative estimate of drug-likeness (QED) is 0.135. The number of ether oxygens (including phenoxy) is 1. The lowest BCUT2D eigenvalue weighted by Crippen LogP contribution is -2.36.